The van der Waals surface area contributed by atoms with Crippen molar-refractivity contribution in [2.45, 2.75) is 33.2 Å². The monoisotopic (exact) mass is 332 g/mol. The summed E-state index contributed by atoms with van der Waals surface area (Å²) < 4.78 is 16.2. The molecule has 2 nitrogen and oxygen atoms in total. The van der Waals surface area contributed by atoms with Crippen molar-refractivity contribution in [3.8, 4) is 0 Å². The van der Waals surface area contributed by atoms with E-state index in [-0.39, 0.29) is 5.82 Å². The molecule has 126 valence electrons. The fourth-order valence-electron chi connectivity index (χ4n) is 3.65. The number of halogens is 1. The van der Waals surface area contributed by atoms with Gasteiger partial charge in [0.2, 0.25) is 0 Å². The third kappa shape index (κ3) is 2.80. The highest BCUT2D eigenvalue weighted by Gasteiger charge is 2.15. The van der Waals surface area contributed by atoms with Crippen LogP contribution in [-0.2, 0) is 13.0 Å². The molecule has 0 saturated heterocycles. The van der Waals surface area contributed by atoms with Crippen LogP contribution in [0.4, 0.5) is 4.39 Å². The van der Waals surface area contributed by atoms with E-state index in [0.29, 0.717) is 6.42 Å². The summed E-state index contributed by atoms with van der Waals surface area (Å²) >= 11 is 0. The molecule has 2 heterocycles. The van der Waals surface area contributed by atoms with Crippen LogP contribution in [0.25, 0.3) is 21.8 Å². The molecule has 2 aromatic carbocycles. The SMILES string of the molecule is CCCn1c(C)c(Cc2ccc3ccccc3n2)c2cc(F)ccc21. The van der Waals surface area contributed by atoms with Crippen molar-refractivity contribution in [3.05, 3.63) is 77.4 Å². The van der Waals surface area contributed by atoms with Crippen molar-refractivity contribution < 1.29 is 4.39 Å². The van der Waals surface area contributed by atoms with Crippen LogP contribution in [0.2, 0.25) is 0 Å². The van der Waals surface area contributed by atoms with Crippen LogP contribution < -0.4 is 0 Å². The summed E-state index contributed by atoms with van der Waals surface area (Å²) in [4.78, 5) is 4.79. The maximum absolute atomic E-state index is 13.9. The van der Waals surface area contributed by atoms with Crippen LogP contribution in [0.15, 0.2) is 54.6 Å². The van der Waals surface area contributed by atoms with Gasteiger partial charge in [-0.1, -0.05) is 31.2 Å². The second kappa shape index (κ2) is 6.32. The smallest absolute Gasteiger partial charge is 0.123 e. The summed E-state index contributed by atoms with van der Waals surface area (Å²) in [5, 5.41) is 2.14. The quantitative estimate of drug-likeness (QED) is 0.473. The number of hydrogen-bond donors (Lipinski definition) is 0. The Morgan fingerprint density at radius 2 is 1.88 bits per heavy atom. The molecule has 0 aliphatic rings. The molecule has 0 amide bonds. The van der Waals surface area contributed by atoms with E-state index < -0.39 is 0 Å². The predicted molar refractivity (Wildman–Crippen MR) is 101 cm³/mol. The Morgan fingerprint density at radius 1 is 1.04 bits per heavy atom. The summed E-state index contributed by atoms with van der Waals surface area (Å²) in [5.41, 5.74) is 5.50. The molecule has 0 radical (unpaired) electrons. The number of benzene rings is 2. The lowest BCUT2D eigenvalue weighted by molar-refractivity contribution is 0.629. The average Bonchev–Trinajstić information content (AvgIpc) is 2.87. The van der Waals surface area contributed by atoms with Crippen molar-refractivity contribution >= 4 is 21.8 Å². The van der Waals surface area contributed by atoms with Gasteiger partial charge in [0.15, 0.2) is 0 Å². The summed E-state index contributed by atoms with van der Waals surface area (Å²) in [6.45, 7) is 5.24. The number of rotatable bonds is 4. The number of hydrogen-bond acceptors (Lipinski definition) is 1. The van der Waals surface area contributed by atoms with Gasteiger partial charge in [-0.05, 0) is 49.2 Å². The minimum Gasteiger partial charge on any atom is -0.345 e. The fourth-order valence-corrected chi connectivity index (χ4v) is 3.65. The van der Waals surface area contributed by atoms with Gasteiger partial charge in [-0.2, -0.15) is 0 Å². The highest BCUT2D eigenvalue weighted by molar-refractivity contribution is 5.86. The van der Waals surface area contributed by atoms with E-state index in [1.807, 2.05) is 24.3 Å². The number of aryl methyl sites for hydroxylation is 1. The summed E-state index contributed by atoms with van der Waals surface area (Å²) in [6, 6.07) is 17.4. The topological polar surface area (TPSA) is 17.8 Å². The van der Waals surface area contributed by atoms with Crippen molar-refractivity contribution in [2.24, 2.45) is 0 Å². The first-order valence-corrected chi connectivity index (χ1v) is 8.79. The fraction of sp³-hybridized carbons (Fsp3) is 0.227. The first-order valence-electron chi connectivity index (χ1n) is 8.79. The molecule has 0 unspecified atom stereocenters. The third-order valence-corrected chi connectivity index (χ3v) is 4.88. The van der Waals surface area contributed by atoms with Crippen LogP contribution in [0.3, 0.4) is 0 Å². The summed E-state index contributed by atoms with van der Waals surface area (Å²) in [5.74, 6) is -0.186. The van der Waals surface area contributed by atoms with Gasteiger partial charge >= 0.3 is 0 Å². The maximum atomic E-state index is 13.9. The first kappa shape index (κ1) is 15.8. The molecule has 0 atom stereocenters. The number of fused-ring (bicyclic) bond motifs is 2. The predicted octanol–water partition coefficient (Wildman–Crippen LogP) is 5.64. The van der Waals surface area contributed by atoms with E-state index >= 15 is 0 Å². The zero-order valence-corrected chi connectivity index (χ0v) is 14.6. The van der Waals surface area contributed by atoms with E-state index in [9.17, 15) is 4.39 Å². The van der Waals surface area contributed by atoms with Gasteiger partial charge in [0.1, 0.15) is 5.82 Å². The van der Waals surface area contributed by atoms with Crippen LogP contribution in [0.5, 0.6) is 0 Å². The molecule has 0 aliphatic carbocycles. The Morgan fingerprint density at radius 3 is 2.72 bits per heavy atom. The number of aromatic nitrogens is 2. The van der Waals surface area contributed by atoms with Crippen LogP contribution in [0.1, 0.15) is 30.3 Å². The van der Waals surface area contributed by atoms with Gasteiger partial charge in [0.25, 0.3) is 0 Å². The van der Waals surface area contributed by atoms with Crippen LogP contribution in [0, 0.1) is 12.7 Å². The van der Waals surface area contributed by atoms with E-state index in [1.54, 1.807) is 12.1 Å². The molecule has 0 fully saturated rings. The van der Waals surface area contributed by atoms with E-state index in [4.69, 9.17) is 4.98 Å². The van der Waals surface area contributed by atoms with Gasteiger partial charge in [0, 0.05) is 40.6 Å². The van der Waals surface area contributed by atoms with Crippen LogP contribution >= 0.6 is 0 Å². The number of para-hydroxylation sites is 1. The van der Waals surface area contributed by atoms with Crippen molar-refractivity contribution in [1.29, 1.82) is 0 Å². The molecule has 4 aromatic rings. The summed E-state index contributed by atoms with van der Waals surface area (Å²) in [7, 11) is 0. The molecule has 25 heavy (non-hydrogen) atoms. The minimum atomic E-state index is -0.186. The standard InChI is InChI=1S/C22H21FN2/c1-3-12-25-15(2)19(20-13-17(23)9-11-22(20)25)14-18-10-8-16-6-4-5-7-21(16)24-18/h4-11,13H,3,12,14H2,1-2H3. The van der Waals surface area contributed by atoms with E-state index in [1.165, 1.54) is 11.3 Å². The van der Waals surface area contributed by atoms with Crippen LogP contribution in [-0.4, -0.2) is 9.55 Å². The lowest BCUT2D eigenvalue weighted by Crippen LogP contribution is -2.00. The zero-order chi connectivity index (χ0) is 17.4. The Bertz CT molecular complexity index is 1060. The maximum Gasteiger partial charge on any atom is 0.123 e. The van der Waals surface area contributed by atoms with Crippen molar-refractivity contribution in [2.75, 3.05) is 0 Å². The molecule has 0 bridgehead atoms. The lowest BCUT2D eigenvalue weighted by atomic mass is 10.0. The molecule has 0 saturated carbocycles. The Balaban J connectivity index is 1.84. The highest BCUT2D eigenvalue weighted by atomic mass is 19.1. The van der Waals surface area contributed by atoms with Gasteiger partial charge in [0.05, 0.1) is 5.52 Å². The van der Waals surface area contributed by atoms with Crippen molar-refractivity contribution in [1.82, 2.24) is 9.55 Å². The third-order valence-electron chi connectivity index (χ3n) is 4.88. The van der Waals surface area contributed by atoms with Gasteiger partial charge < -0.3 is 4.57 Å². The Kier molecular flexibility index (Phi) is 4.00. The largest absolute Gasteiger partial charge is 0.345 e. The van der Waals surface area contributed by atoms with Gasteiger partial charge in [-0.15, -0.1) is 0 Å². The van der Waals surface area contributed by atoms with E-state index in [2.05, 4.69) is 36.6 Å². The number of pyridine rings is 1. The van der Waals surface area contributed by atoms with Crippen molar-refractivity contribution in [3.63, 3.8) is 0 Å². The first-order chi connectivity index (χ1) is 12.2. The number of nitrogens with zero attached hydrogens (tertiary/aromatic N) is 2. The lowest BCUT2D eigenvalue weighted by Gasteiger charge is -2.07. The highest BCUT2D eigenvalue weighted by Crippen LogP contribution is 2.29. The molecule has 0 spiro atoms. The summed E-state index contributed by atoms with van der Waals surface area (Å²) in [6.07, 6.45) is 1.77. The molecular weight excluding hydrogens is 311 g/mol. The average molecular weight is 332 g/mol. The Hall–Kier alpha value is -2.68. The van der Waals surface area contributed by atoms with Gasteiger partial charge in [-0.3, -0.25) is 4.98 Å². The minimum absolute atomic E-state index is 0.186. The van der Waals surface area contributed by atoms with Gasteiger partial charge in [-0.25, -0.2) is 4.39 Å². The molecule has 0 aliphatic heterocycles. The molecule has 3 heteroatoms. The molecule has 2 aromatic heterocycles. The molecular formula is C22H21FN2. The zero-order valence-electron chi connectivity index (χ0n) is 14.6. The second-order valence-corrected chi connectivity index (χ2v) is 6.55. The molecule has 0 N–H and O–H groups in total. The normalized spacial score (nSPS) is 11.5. The van der Waals surface area contributed by atoms with E-state index in [0.717, 1.165) is 40.5 Å². The Labute approximate surface area is 146 Å². The molecule has 4 rings (SSSR count). The second-order valence-electron chi connectivity index (χ2n) is 6.55.